The number of ether oxygens (including phenoxy) is 1. The third kappa shape index (κ3) is 31.5. The van der Waals surface area contributed by atoms with E-state index in [9.17, 15) is 4.79 Å². The molecule has 2 nitrogen and oxygen atoms in total. The third-order valence-corrected chi connectivity index (χ3v) is 22.3. The minimum absolute atomic E-state index is 0.0833. The summed E-state index contributed by atoms with van der Waals surface area (Å²) in [5.41, 5.74) is 37.8. The highest BCUT2D eigenvalue weighted by Crippen LogP contribution is 2.30. The molecule has 0 saturated carbocycles. The maximum absolute atomic E-state index is 12.1. The van der Waals surface area contributed by atoms with Crippen molar-refractivity contribution in [2.75, 3.05) is 0 Å². The second-order valence-corrected chi connectivity index (χ2v) is 34.8. The van der Waals surface area contributed by atoms with Gasteiger partial charge in [-0.15, -0.1) is 0 Å². The lowest BCUT2D eigenvalue weighted by atomic mass is 9.99. The quantitative estimate of drug-likeness (QED) is 0.101. The molecule has 0 saturated heterocycles. The van der Waals surface area contributed by atoms with Crippen molar-refractivity contribution in [1.29, 1.82) is 0 Å². The summed E-state index contributed by atoms with van der Waals surface area (Å²) in [6.45, 7) is 37.9. The molecular formula is C128H126O2. The summed E-state index contributed by atoms with van der Waals surface area (Å²) < 4.78 is 5.69. The van der Waals surface area contributed by atoms with Crippen molar-refractivity contribution in [3.05, 3.63) is 547 Å². The SMILES string of the molecule is Cc1cc(C)cc(-c2ccccc2)c1.Cc1ccc(C(=O)c2ccc(C)cc2)cc1.Cc1ccc(Cc2ccc(C)cc2)cc1.Cc1ccc(Oc2ccc(C)cc2)cc1.Cc1ccc2cc3ccc(C)cc3cc2c1.Cc1ccc2ccc(C)cc2c1.Cc1cccc(-c2ccc(-c3cccc(C)c3)cc2)c1.Cc1cccc(-c2cccc(C)c2)c1.Cc1cccc(C)c1. The highest BCUT2D eigenvalue weighted by atomic mass is 16.5. The second-order valence-electron chi connectivity index (χ2n) is 34.8. The Bertz CT molecular complexity index is 6330. The van der Waals surface area contributed by atoms with Gasteiger partial charge in [-0.25, -0.2) is 0 Å². The fourth-order valence-corrected chi connectivity index (χ4v) is 15.0. The van der Waals surface area contributed by atoms with Gasteiger partial charge in [0, 0.05) is 11.1 Å². The highest BCUT2D eigenvalue weighted by molar-refractivity contribution is 6.09. The first kappa shape index (κ1) is 96.1. The van der Waals surface area contributed by atoms with Crippen LogP contribution in [-0.4, -0.2) is 5.78 Å². The van der Waals surface area contributed by atoms with E-state index in [1.54, 1.807) is 0 Å². The summed E-state index contributed by atoms with van der Waals surface area (Å²) in [6, 6.07) is 149. The van der Waals surface area contributed by atoms with Crippen molar-refractivity contribution >= 4 is 38.1 Å². The minimum atomic E-state index is 0.0833. The summed E-state index contributed by atoms with van der Waals surface area (Å²) in [5.74, 6) is 1.84. The molecule has 0 aliphatic carbocycles. The average Bonchev–Trinajstić information content (AvgIpc) is 0.792. The van der Waals surface area contributed by atoms with Crippen molar-refractivity contribution in [2.24, 2.45) is 0 Å². The van der Waals surface area contributed by atoms with Crippen LogP contribution in [0.5, 0.6) is 11.5 Å². The molecule has 650 valence electrons. The van der Waals surface area contributed by atoms with Crippen LogP contribution in [0, 0.1) is 125 Å². The van der Waals surface area contributed by atoms with Gasteiger partial charge < -0.3 is 4.74 Å². The van der Waals surface area contributed by atoms with Crippen molar-refractivity contribution in [3.8, 4) is 56.0 Å². The average molecular weight is 1700 g/mol. The monoisotopic (exact) mass is 1690 g/mol. The van der Waals surface area contributed by atoms with Crippen LogP contribution in [0.1, 0.15) is 127 Å². The Morgan fingerprint density at radius 2 is 0.392 bits per heavy atom. The normalized spacial score (nSPS) is 10.3. The number of rotatable bonds is 10. The molecule has 0 aliphatic heterocycles. The fourth-order valence-electron chi connectivity index (χ4n) is 15.0. The lowest BCUT2D eigenvalue weighted by Crippen LogP contribution is -2.00. The number of ketones is 1. The zero-order chi connectivity index (χ0) is 92.4. The van der Waals surface area contributed by atoms with Gasteiger partial charge in [-0.1, -0.05) is 488 Å². The number of hydrogen-bond donors (Lipinski definition) is 0. The zero-order valence-electron chi connectivity index (χ0n) is 79.4. The molecule has 0 aromatic heterocycles. The zero-order valence-corrected chi connectivity index (χ0v) is 79.4. The van der Waals surface area contributed by atoms with Crippen LogP contribution in [0.3, 0.4) is 0 Å². The van der Waals surface area contributed by atoms with Gasteiger partial charge in [0.25, 0.3) is 0 Å². The van der Waals surface area contributed by atoms with Crippen LogP contribution in [0.25, 0.3) is 76.8 Å². The number of carbonyl (C=O) groups is 1. The summed E-state index contributed by atoms with van der Waals surface area (Å²) in [5, 5.41) is 7.97. The van der Waals surface area contributed by atoms with Crippen molar-refractivity contribution < 1.29 is 9.53 Å². The summed E-state index contributed by atoms with van der Waals surface area (Å²) in [4.78, 5) is 12.1. The van der Waals surface area contributed by atoms with Crippen LogP contribution >= 0.6 is 0 Å². The smallest absolute Gasteiger partial charge is 0.193 e. The van der Waals surface area contributed by atoms with Crippen molar-refractivity contribution in [3.63, 3.8) is 0 Å². The van der Waals surface area contributed by atoms with Gasteiger partial charge in [0.2, 0.25) is 0 Å². The molecule has 0 aliphatic rings. The first-order valence-corrected chi connectivity index (χ1v) is 45.2. The van der Waals surface area contributed by atoms with Gasteiger partial charge >= 0.3 is 0 Å². The van der Waals surface area contributed by atoms with Gasteiger partial charge in [0.15, 0.2) is 5.78 Å². The van der Waals surface area contributed by atoms with Gasteiger partial charge in [-0.05, 0) is 255 Å². The van der Waals surface area contributed by atoms with E-state index < -0.39 is 0 Å². The molecule has 0 bridgehead atoms. The van der Waals surface area contributed by atoms with E-state index >= 15 is 0 Å². The molecule has 0 unspecified atom stereocenters. The Kier molecular flexibility index (Phi) is 35.8. The standard InChI is InChI=1S/C20H18.C16H14.C15H14O.C15H16.C14H14O.2C14H14.C12H12.C8H10/c1-15-5-3-7-19(13-15)17-9-11-18(12-10-17)20-8-4-6-16(2)14-20;1-11-3-5-13-9-14-6-4-12(2)8-16(14)10-15(13)7-11;1-11-3-7-13(8-4-11)15(16)14-9-5-12(2)6-10-14;1-12-3-7-14(8-4-12)11-15-9-5-13(2)6-10-15;1-11-3-7-13(8-4-11)15-14-9-5-12(2)6-10-14;1-11-5-3-7-13(9-11)14-8-4-6-12(2)10-14;1-11-8-12(2)10-14(9-11)13-6-4-3-5-7-13;1-9-3-5-11-6-4-10(2)8-12(11)7-9;1-7-4-3-5-8(2)6-7/h3-14H,1-2H3;2*3-10H,1-2H3;3-10H,11H2,1-2H3;3-10H,1-2H3;2*3-10H,1-2H3;3-8H,1-2H3;3-6H,1-2H3. The topological polar surface area (TPSA) is 26.3 Å². The summed E-state index contributed by atoms with van der Waals surface area (Å²) in [7, 11) is 0. The van der Waals surface area contributed by atoms with Gasteiger partial charge in [0.05, 0.1) is 0 Å². The van der Waals surface area contributed by atoms with E-state index in [-0.39, 0.29) is 5.78 Å². The predicted octanol–water partition coefficient (Wildman–Crippen LogP) is 35.5. The number of aryl methyl sites for hydroxylation is 18. The Morgan fingerprint density at radius 1 is 0.162 bits per heavy atom. The second kappa shape index (κ2) is 48.4. The molecule has 0 radical (unpaired) electrons. The first-order chi connectivity index (χ1) is 62.6. The molecular weight excluding hydrogens is 1570 g/mol. The maximum atomic E-state index is 12.1. The fraction of sp³-hybridized carbons (Fsp3) is 0.148. The number of hydrogen-bond acceptors (Lipinski definition) is 2. The number of benzene rings is 19. The molecule has 0 N–H and O–H groups in total. The lowest BCUT2D eigenvalue weighted by Gasteiger charge is -2.06. The van der Waals surface area contributed by atoms with Crippen molar-refractivity contribution in [2.45, 2.75) is 131 Å². The molecule has 19 aromatic rings. The molecule has 0 spiro atoms. The van der Waals surface area contributed by atoms with Crippen LogP contribution in [0.2, 0.25) is 0 Å². The predicted molar refractivity (Wildman–Crippen MR) is 563 cm³/mol. The molecule has 19 aromatic carbocycles. The molecule has 130 heavy (non-hydrogen) atoms. The van der Waals surface area contributed by atoms with E-state index in [2.05, 4.69) is 432 Å². The number of carbonyl (C=O) groups excluding carboxylic acids is 1. The molecule has 0 atom stereocenters. The van der Waals surface area contributed by atoms with Gasteiger partial charge in [-0.3, -0.25) is 4.79 Å². The van der Waals surface area contributed by atoms with E-state index in [0.29, 0.717) is 0 Å². The third-order valence-electron chi connectivity index (χ3n) is 22.3. The van der Waals surface area contributed by atoms with Gasteiger partial charge in [0.1, 0.15) is 11.5 Å². The Morgan fingerprint density at radius 3 is 0.708 bits per heavy atom. The van der Waals surface area contributed by atoms with E-state index in [1.165, 1.54) is 188 Å². The highest BCUT2D eigenvalue weighted by Gasteiger charge is 2.10. The minimum Gasteiger partial charge on any atom is -0.457 e. The van der Waals surface area contributed by atoms with Gasteiger partial charge in [-0.2, -0.15) is 0 Å². The lowest BCUT2D eigenvalue weighted by molar-refractivity contribution is 0.103. The van der Waals surface area contributed by atoms with Crippen molar-refractivity contribution in [1.82, 2.24) is 0 Å². The Hall–Kier alpha value is -14.6. The summed E-state index contributed by atoms with van der Waals surface area (Å²) in [6.07, 6.45) is 1.03. The van der Waals surface area contributed by atoms with E-state index in [4.69, 9.17) is 4.74 Å². The van der Waals surface area contributed by atoms with Crippen LogP contribution in [-0.2, 0) is 6.42 Å². The molecule has 0 amide bonds. The number of fused-ring (bicyclic) bond motifs is 3. The largest absolute Gasteiger partial charge is 0.457 e. The van der Waals surface area contributed by atoms with Crippen LogP contribution in [0.4, 0.5) is 0 Å². The Balaban J connectivity index is 0.000000142. The maximum Gasteiger partial charge on any atom is 0.193 e. The first-order valence-electron chi connectivity index (χ1n) is 45.2. The molecule has 0 heterocycles. The van der Waals surface area contributed by atoms with Crippen LogP contribution in [0.15, 0.2) is 425 Å². The van der Waals surface area contributed by atoms with E-state index in [0.717, 1.165) is 29.0 Å². The molecule has 19 rings (SSSR count). The van der Waals surface area contributed by atoms with Crippen LogP contribution < -0.4 is 4.74 Å². The Labute approximate surface area is 776 Å². The summed E-state index contributed by atoms with van der Waals surface area (Å²) >= 11 is 0. The molecule has 2 heteroatoms. The molecule has 0 fully saturated rings. The van der Waals surface area contributed by atoms with E-state index in [1.807, 2.05) is 117 Å².